The minimum Gasteiger partial charge on any atom is -0.317 e. The second-order valence-corrected chi connectivity index (χ2v) is 3.99. The highest BCUT2D eigenvalue weighted by Gasteiger charge is 2.30. The molecule has 4 heteroatoms. The highest BCUT2D eigenvalue weighted by atomic mass is 19.4. The molecule has 0 saturated heterocycles. The molecule has 1 N–H and O–H groups in total. The summed E-state index contributed by atoms with van der Waals surface area (Å²) >= 11 is 0. The summed E-state index contributed by atoms with van der Waals surface area (Å²) in [6, 6.07) is 5.65. The first-order valence-electron chi connectivity index (χ1n) is 5.20. The first kappa shape index (κ1) is 13.0. The van der Waals surface area contributed by atoms with Crippen LogP contribution in [0.2, 0.25) is 0 Å². The second kappa shape index (κ2) is 4.87. The summed E-state index contributed by atoms with van der Waals surface area (Å²) in [6.07, 6.45) is -4.27. The molecule has 1 aromatic carbocycles. The van der Waals surface area contributed by atoms with Crippen molar-refractivity contribution < 1.29 is 13.2 Å². The van der Waals surface area contributed by atoms with Crippen LogP contribution in [0.15, 0.2) is 24.3 Å². The van der Waals surface area contributed by atoms with Crippen molar-refractivity contribution in [3.05, 3.63) is 35.4 Å². The zero-order chi connectivity index (χ0) is 12.3. The smallest absolute Gasteiger partial charge is 0.317 e. The quantitative estimate of drug-likeness (QED) is 0.840. The fourth-order valence-electron chi connectivity index (χ4n) is 1.54. The van der Waals surface area contributed by atoms with Crippen LogP contribution >= 0.6 is 0 Å². The molecule has 0 heterocycles. The normalized spacial score (nSPS) is 15.9. The van der Waals surface area contributed by atoms with Gasteiger partial charge >= 0.3 is 6.18 Å². The second-order valence-electron chi connectivity index (χ2n) is 3.99. The summed E-state index contributed by atoms with van der Waals surface area (Å²) in [4.78, 5) is 0. The van der Waals surface area contributed by atoms with Gasteiger partial charge in [0.05, 0.1) is 5.56 Å². The van der Waals surface area contributed by atoms with Crippen molar-refractivity contribution in [2.75, 3.05) is 7.05 Å². The Balaban J connectivity index is 2.99. The van der Waals surface area contributed by atoms with Crippen molar-refractivity contribution in [3.8, 4) is 0 Å². The van der Waals surface area contributed by atoms with Gasteiger partial charge in [-0.2, -0.15) is 13.2 Å². The van der Waals surface area contributed by atoms with Crippen LogP contribution in [0.4, 0.5) is 13.2 Å². The first-order valence-corrected chi connectivity index (χ1v) is 5.20. The molecule has 0 aromatic heterocycles. The van der Waals surface area contributed by atoms with Crippen LogP contribution in [-0.4, -0.2) is 13.1 Å². The van der Waals surface area contributed by atoms with Crippen molar-refractivity contribution in [2.45, 2.75) is 32.0 Å². The summed E-state index contributed by atoms with van der Waals surface area (Å²) in [6.45, 7) is 3.86. The van der Waals surface area contributed by atoms with E-state index in [2.05, 4.69) is 5.32 Å². The molecule has 0 fully saturated rings. The Bertz CT molecular complexity index is 346. The molecule has 0 aliphatic rings. The molecule has 0 spiro atoms. The summed E-state index contributed by atoms with van der Waals surface area (Å²) < 4.78 is 37.5. The maximum absolute atomic E-state index is 12.5. The number of rotatable bonds is 3. The number of hydrogen-bond acceptors (Lipinski definition) is 1. The number of alkyl halides is 3. The van der Waals surface area contributed by atoms with E-state index < -0.39 is 11.7 Å². The van der Waals surface area contributed by atoms with Gasteiger partial charge in [-0.05, 0) is 31.5 Å². The van der Waals surface area contributed by atoms with Gasteiger partial charge in [-0.25, -0.2) is 0 Å². The molecule has 0 radical (unpaired) electrons. The third-order valence-corrected chi connectivity index (χ3v) is 2.95. The molecule has 16 heavy (non-hydrogen) atoms. The summed E-state index contributed by atoms with van der Waals surface area (Å²) in [7, 11) is 1.80. The van der Waals surface area contributed by atoms with Gasteiger partial charge in [-0.15, -0.1) is 0 Å². The van der Waals surface area contributed by atoms with Crippen LogP contribution in [0.1, 0.15) is 30.9 Å². The lowest BCUT2D eigenvalue weighted by Crippen LogP contribution is -2.27. The Morgan fingerprint density at radius 3 is 2.31 bits per heavy atom. The van der Waals surface area contributed by atoms with E-state index in [1.165, 1.54) is 12.1 Å². The standard InChI is InChI=1S/C12H16F3N/c1-8(9(2)16-3)10-5-4-6-11(7-10)12(13,14)15/h4-9,16H,1-3H3. The van der Waals surface area contributed by atoms with E-state index in [1.54, 1.807) is 13.1 Å². The summed E-state index contributed by atoms with van der Waals surface area (Å²) in [5, 5.41) is 3.04. The zero-order valence-corrected chi connectivity index (χ0v) is 9.60. The first-order chi connectivity index (χ1) is 7.36. The Morgan fingerprint density at radius 1 is 1.19 bits per heavy atom. The van der Waals surface area contributed by atoms with Crippen molar-refractivity contribution in [1.29, 1.82) is 0 Å². The monoisotopic (exact) mass is 231 g/mol. The van der Waals surface area contributed by atoms with Gasteiger partial charge in [0.2, 0.25) is 0 Å². The molecular weight excluding hydrogens is 215 g/mol. The molecule has 0 bridgehead atoms. The minimum absolute atomic E-state index is 0.0484. The average Bonchev–Trinajstić information content (AvgIpc) is 2.26. The lowest BCUT2D eigenvalue weighted by Gasteiger charge is -2.20. The largest absolute Gasteiger partial charge is 0.416 e. The van der Waals surface area contributed by atoms with Crippen LogP contribution in [0.25, 0.3) is 0 Å². The fourth-order valence-corrected chi connectivity index (χ4v) is 1.54. The van der Waals surface area contributed by atoms with Crippen molar-refractivity contribution in [1.82, 2.24) is 5.32 Å². The van der Waals surface area contributed by atoms with Gasteiger partial charge < -0.3 is 5.32 Å². The molecular formula is C12H16F3N. The van der Waals surface area contributed by atoms with Crippen LogP contribution < -0.4 is 5.32 Å². The molecule has 2 unspecified atom stereocenters. The van der Waals surface area contributed by atoms with Gasteiger partial charge in [-0.1, -0.05) is 25.1 Å². The highest BCUT2D eigenvalue weighted by molar-refractivity contribution is 5.28. The van der Waals surface area contributed by atoms with Crippen molar-refractivity contribution >= 4 is 0 Å². The average molecular weight is 231 g/mol. The minimum atomic E-state index is -4.27. The SMILES string of the molecule is CNC(C)C(C)c1cccc(C(F)(F)F)c1. The van der Waals surface area contributed by atoms with Gasteiger partial charge in [0.1, 0.15) is 0 Å². The molecule has 1 rings (SSSR count). The molecule has 1 aromatic rings. The molecule has 0 aliphatic carbocycles. The van der Waals surface area contributed by atoms with Crippen LogP contribution in [0.5, 0.6) is 0 Å². The van der Waals surface area contributed by atoms with E-state index >= 15 is 0 Å². The molecule has 0 aliphatic heterocycles. The maximum Gasteiger partial charge on any atom is 0.416 e. The van der Waals surface area contributed by atoms with Crippen LogP contribution in [-0.2, 0) is 6.18 Å². The Hall–Kier alpha value is -1.03. The van der Waals surface area contributed by atoms with Crippen LogP contribution in [0, 0.1) is 0 Å². The lowest BCUT2D eigenvalue weighted by molar-refractivity contribution is -0.137. The number of likely N-dealkylation sites (N-methyl/N-ethyl adjacent to an activating group) is 1. The third-order valence-electron chi connectivity index (χ3n) is 2.95. The Labute approximate surface area is 93.7 Å². The molecule has 0 amide bonds. The van der Waals surface area contributed by atoms with Gasteiger partial charge in [-0.3, -0.25) is 0 Å². The number of hydrogen-bond donors (Lipinski definition) is 1. The van der Waals surface area contributed by atoms with E-state index in [0.717, 1.165) is 6.07 Å². The number of halogens is 3. The Kier molecular flexibility index (Phi) is 3.97. The van der Waals surface area contributed by atoms with Crippen LogP contribution in [0.3, 0.4) is 0 Å². The van der Waals surface area contributed by atoms with E-state index in [1.807, 2.05) is 13.8 Å². The molecule has 1 nitrogen and oxygen atoms in total. The van der Waals surface area contributed by atoms with E-state index in [0.29, 0.717) is 5.56 Å². The van der Waals surface area contributed by atoms with E-state index in [4.69, 9.17) is 0 Å². The molecule has 2 atom stereocenters. The topological polar surface area (TPSA) is 12.0 Å². The molecule has 90 valence electrons. The van der Waals surface area contributed by atoms with Crippen molar-refractivity contribution in [2.24, 2.45) is 0 Å². The lowest BCUT2D eigenvalue weighted by atomic mass is 9.93. The molecule has 0 saturated carbocycles. The predicted molar refractivity (Wildman–Crippen MR) is 58.4 cm³/mol. The van der Waals surface area contributed by atoms with Gasteiger partial charge in [0, 0.05) is 6.04 Å². The Morgan fingerprint density at radius 2 is 1.81 bits per heavy atom. The number of benzene rings is 1. The predicted octanol–water partition coefficient (Wildman–Crippen LogP) is 3.42. The van der Waals surface area contributed by atoms with Crippen molar-refractivity contribution in [3.63, 3.8) is 0 Å². The maximum atomic E-state index is 12.5. The van der Waals surface area contributed by atoms with Gasteiger partial charge in [0.25, 0.3) is 0 Å². The summed E-state index contributed by atoms with van der Waals surface area (Å²) in [5.41, 5.74) is 0.122. The number of nitrogens with one attached hydrogen (secondary N) is 1. The fraction of sp³-hybridized carbons (Fsp3) is 0.500. The zero-order valence-electron chi connectivity index (χ0n) is 9.60. The van der Waals surface area contributed by atoms with E-state index in [9.17, 15) is 13.2 Å². The van der Waals surface area contributed by atoms with E-state index in [-0.39, 0.29) is 12.0 Å². The summed E-state index contributed by atoms with van der Waals surface area (Å²) in [5.74, 6) is 0.0484. The highest BCUT2D eigenvalue weighted by Crippen LogP contribution is 2.31. The van der Waals surface area contributed by atoms with Gasteiger partial charge in [0.15, 0.2) is 0 Å². The third kappa shape index (κ3) is 2.98.